The van der Waals surface area contributed by atoms with E-state index in [0.717, 1.165) is 32.1 Å². The van der Waals surface area contributed by atoms with Crippen LogP contribution in [0.2, 0.25) is 0 Å². The number of para-hydroxylation sites is 1. The van der Waals surface area contributed by atoms with E-state index in [0.29, 0.717) is 5.33 Å². The number of rotatable bonds is 5. The van der Waals surface area contributed by atoms with Gasteiger partial charge in [-0.25, -0.2) is 0 Å². The van der Waals surface area contributed by atoms with Gasteiger partial charge in [0.25, 0.3) is 5.91 Å². The van der Waals surface area contributed by atoms with E-state index in [1.54, 1.807) is 12.1 Å². The minimum absolute atomic E-state index is 0.0921. The van der Waals surface area contributed by atoms with Crippen LogP contribution in [-0.4, -0.2) is 23.4 Å². The van der Waals surface area contributed by atoms with E-state index in [2.05, 4.69) is 26.0 Å². The first kappa shape index (κ1) is 16.2. The van der Waals surface area contributed by atoms with Crippen molar-refractivity contribution in [3.05, 3.63) is 29.8 Å². The molecule has 0 atom stereocenters. The largest absolute Gasteiger partial charge is 0.434 e. The predicted octanol–water partition coefficient (Wildman–Crippen LogP) is 4.12. The summed E-state index contributed by atoms with van der Waals surface area (Å²) in [5, 5.41) is 3.66. The molecule has 1 aliphatic carbocycles. The van der Waals surface area contributed by atoms with E-state index in [9.17, 15) is 13.6 Å². The molecular weight excluding hydrogens is 344 g/mol. The highest BCUT2D eigenvalue weighted by atomic mass is 79.9. The average Bonchev–Trinajstić information content (AvgIpc) is 2.48. The topological polar surface area (TPSA) is 38.3 Å². The fraction of sp³-hybridized carbons (Fsp3) is 0.533. The van der Waals surface area contributed by atoms with Crippen molar-refractivity contribution >= 4 is 21.8 Å². The second kappa shape index (κ2) is 7.20. The molecule has 3 nitrogen and oxygen atoms in total. The lowest BCUT2D eigenvalue weighted by atomic mass is 9.83. The molecule has 0 saturated heterocycles. The van der Waals surface area contributed by atoms with Crippen molar-refractivity contribution < 1.29 is 18.3 Å². The number of benzene rings is 1. The lowest BCUT2D eigenvalue weighted by Crippen LogP contribution is -2.51. The Kier molecular flexibility index (Phi) is 5.56. The molecule has 0 unspecified atom stereocenters. The Morgan fingerprint density at radius 3 is 2.57 bits per heavy atom. The number of ether oxygens (including phenoxy) is 1. The highest BCUT2D eigenvalue weighted by Gasteiger charge is 2.33. The molecule has 1 aliphatic rings. The third-order valence-electron chi connectivity index (χ3n) is 3.79. The second-order valence-electron chi connectivity index (χ2n) is 5.30. The third-order valence-corrected chi connectivity index (χ3v) is 4.87. The molecule has 0 aliphatic heterocycles. The summed E-state index contributed by atoms with van der Waals surface area (Å²) in [6.07, 6.45) is 5.06. The summed E-state index contributed by atoms with van der Waals surface area (Å²) in [6, 6.07) is 6.07. The van der Waals surface area contributed by atoms with Gasteiger partial charge in [0.2, 0.25) is 0 Å². The molecule has 1 fully saturated rings. The molecule has 2 rings (SSSR count). The fourth-order valence-corrected chi connectivity index (χ4v) is 3.38. The summed E-state index contributed by atoms with van der Waals surface area (Å²) in [6.45, 7) is -2.95. The van der Waals surface area contributed by atoms with Crippen molar-refractivity contribution in [2.75, 3.05) is 5.33 Å². The lowest BCUT2D eigenvalue weighted by molar-refractivity contribution is -0.0501. The van der Waals surface area contributed by atoms with Crippen LogP contribution < -0.4 is 10.1 Å². The molecule has 0 bridgehead atoms. The summed E-state index contributed by atoms with van der Waals surface area (Å²) in [4.78, 5) is 12.4. The van der Waals surface area contributed by atoms with Crippen LogP contribution in [0.1, 0.15) is 42.5 Å². The van der Waals surface area contributed by atoms with Crippen LogP contribution in [0.25, 0.3) is 0 Å². The van der Waals surface area contributed by atoms with Gasteiger partial charge in [-0.15, -0.1) is 0 Å². The Hall–Kier alpha value is -1.17. The predicted molar refractivity (Wildman–Crippen MR) is 80.2 cm³/mol. The fourth-order valence-electron chi connectivity index (χ4n) is 2.68. The van der Waals surface area contributed by atoms with Crippen LogP contribution in [0.4, 0.5) is 8.78 Å². The first-order valence-electron chi connectivity index (χ1n) is 6.99. The van der Waals surface area contributed by atoms with Gasteiger partial charge in [-0.3, -0.25) is 4.79 Å². The number of alkyl halides is 3. The molecule has 0 aromatic heterocycles. The molecule has 21 heavy (non-hydrogen) atoms. The Morgan fingerprint density at radius 1 is 1.29 bits per heavy atom. The standard InChI is InChI=1S/C15H18BrF2NO2/c16-10-15(8-4-1-5-9-15)19-13(20)11-6-2-3-7-12(11)21-14(17)18/h2-3,6-7,14H,1,4-5,8-10H2,(H,19,20). The number of hydrogen-bond donors (Lipinski definition) is 1. The monoisotopic (exact) mass is 361 g/mol. The molecule has 1 aromatic carbocycles. The molecular formula is C15H18BrF2NO2. The van der Waals surface area contributed by atoms with Crippen LogP contribution in [0.3, 0.4) is 0 Å². The highest BCUT2D eigenvalue weighted by Crippen LogP contribution is 2.31. The molecule has 0 heterocycles. The normalized spacial score (nSPS) is 17.5. The van der Waals surface area contributed by atoms with Crippen LogP contribution in [0.15, 0.2) is 24.3 Å². The van der Waals surface area contributed by atoms with Crippen molar-refractivity contribution in [3.8, 4) is 5.75 Å². The Morgan fingerprint density at radius 2 is 1.95 bits per heavy atom. The smallest absolute Gasteiger partial charge is 0.387 e. The summed E-state index contributed by atoms with van der Waals surface area (Å²) in [7, 11) is 0. The average molecular weight is 362 g/mol. The molecule has 6 heteroatoms. The Labute approximate surface area is 131 Å². The van der Waals surface area contributed by atoms with Crippen LogP contribution in [-0.2, 0) is 0 Å². The van der Waals surface area contributed by atoms with Gasteiger partial charge >= 0.3 is 6.61 Å². The first-order chi connectivity index (χ1) is 10.1. The van der Waals surface area contributed by atoms with E-state index in [-0.39, 0.29) is 22.8 Å². The van der Waals surface area contributed by atoms with Gasteiger partial charge in [-0.1, -0.05) is 47.3 Å². The van der Waals surface area contributed by atoms with Crippen LogP contribution >= 0.6 is 15.9 Å². The van der Waals surface area contributed by atoms with E-state index in [1.807, 2.05) is 0 Å². The Bertz CT molecular complexity index is 490. The molecule has 116 valence electrons. The quantitative estimate of drug-likeness (QED) is 0.801. The molecule has 1 amide bonds. The minimum atomic E-state index is -2.95. The Balaban J connectivity index is 2.16. The maximum atomic E-state index is 12.4. The van der Waals surface area contributed by atoms with Crippen LogP contribution in [0, 0.1) is 0 Å². The van der Waals surface area contributed by atoms with E-state index in [4.69, 9.17) is 0 Å². The minimum Gasteiger partial charge on any atom is -0.434 e. The van der Waals surface area contributed by atoms with Crippen molar-refractivity contribution in [3.63, 3.8) is 0 Å². The molecule has 1 aromatic rings. The number of carbonyl (C=O) groups excluding carboxylic acids is 1. The number of hydrogen-bond acceptors (Lipinski definition) is 2. The third kappa shape index (κ3) is 4.15. The van der Waals surface area contributed by atoms with Crippen LogP contribution in [0.5, 0.6) is 5.75 Å². The van der Waals surface area contributed by atoms with Gasteiger partial charge in [0, 0.05) is 5.33 Å². The highest BCUT2D eigenvalue weighted by molar-refractivity contribution is 9.09. The first-order valence-corrected chi connectivity index (χ1v) is 8.11. The SMILES string of the molecule is O=C(NC1(CBr)CCCCC1)c1ccccc1OC(F)F. The summed E-state index contributed by atoms with van der Waals surface area (Å²) in [5.74, 6) is -0.460. The van der Waals surface area contributed by atoms with E-state index in [1.165, 1.54) is 12.1 Å². The number of amides is 1. The molecule has 0 radical (unpaired) electrons. The van der Waals surface area contributed by atoms with Gasteiger partial charge in [0.15, 0.2) is 0 Å². The van der Waals surface area contributed by atoms with Crippen molar-refractivity contribution in [1.29, 1.82) is 0 Å². The van der Waals surface area contributed by atoms with E-state index >= 15 is 0 Å². The van der Waals surface area contributed by atoms with Crippen molar-refractivity contribution in [2.24, 2.45) is 0 Å². The zero-order valence-electron chi connectivity index (χ0n) is 11.6. The summed E-state index contributed by atoms with van der Waals surface area (Å²) in [5.41, 5.74) is -0.156. The van der Waals surface area contributed by atoms with Gasteiger partial charge in [0.1, 0.15) is 5.75 Å². The summed E-state index contributed by atoms with van der Waals surface area (Å²) >= 11 is 3.46. The zero-order valence-corrected chi connectivity index (χ0v) is 13.2. The molecule has 1 saturated carbocycles. The summed E-state index contributed by atoms with van der Waals surface area (Å²) < 4.78 is 29.2. The van der Waals surface area contributed by atoms with E-state index < -0.39 is 6.61 Å². The molecule has 1 N–H and O–H groups in total. The van der Waals surface area contributed by atoms with Gasteiger partial charge in [0.05, 0.1) is 11.1 Å². The number of carbonyl (C=O) groups is 1. The lowest BCUT2D eigenvalue weighted by Gasteiger charge is -2.36. The maximum absolute atomic E-state index is 12.4. The number of halogens is 3. The number of nitrogens with one attached hydrogen (secondary N) is 1. The van der Waals surface area contributed by atoms with Crippen molar-refractivity contribution in [2.45, 2.75) is 44.3 Å². The maximum Gasteiger partial charge on any atom is 0.387 e. The second-order valence-corrected chi connectivity index (χ2v) is 5.86. The van der Waals surface area contributed by atoms with Gasteiger partial charge < -0.3 is 10.1 Å². The van der Waals surface area contributed by atoms with Crippen molar-refractivity contribution in [1.82, 2.24) is 5.32 Å². The van der Waals surface area contributed by atoms with Gasteiger partial charge in [-0.2, -0.15) is 8.78 Å². The van der Waals surface area contributed by atoms with Gasteiger partial charge in [-0.05, 0) is 25.0 Å². The zero-order chi connectivity index (χ0) is 15.3. The molecule has 0 spiro atoms.